The van der Waals surface area contributed by atoms with Crippen molar-refractivity contribution in [1.82, 2.24) is 9.80 Å². The molecule has 2 rings (SSSR count). The molecule has 1 aliphatic heterocycles. The number of hydrogen-bond acceptors (Lipinski definition) is 4. The van der Waals surface area contributed by atoms with Crippen molar-refractivity contribution in [3.05, 3.63) is 34.3 Å². The Morgan fingerprint density at radius 2 is 2.05 bits per heavy atom. The number of hydrogen-bond donors (Lipinski definition) is 2. The zero-order valence-corrected chi connectivity index (χ0v) is 13.8. The fourth-order valence-corrected chi connectivity index (χ4v) is 3.31. The number of rotatable bonds is 5. The summed E-state index contributed by atoms with van der Waals surface area (Å²) in [6.07, 6.45) is 0.579. The van der Waals surface area contributed by atoms with E-state index in [9.17, 15) is 5.11 Å². The monoisotopic (exact) mass is 341 g/mol. The van der Waals surface area contributed by atoms with Gasteiger partial charge >= 0.3 is 0 Å². The third kappa shape index (κ3) is 3.80. The highest BCUT2D eigenvalue weighted by Crippen LogP contribution is 2.30. The standard InChI is InChI=1S/C15H24BrN3O/c1-18(2)9-13-7-14(20)10-19(13)15(8-17)11-3-5-12(16)6-4-11/h3-6,13-15,20H,7-10,17H2,1-2H3. The summed E-state index contributed by atoms with van der Waals surface area (Å²) >= 11 is 3.46. The zero-order valence-electron chi connectivity index (χ0n) is 12.2. The second-order valence-corrected chi connectivity index (χ2v) is 6.72. The Balaban J connectivity index is 2.18. The lowest BCUT2D eigenvalue weighted by Crippen LogP contribution is -2.42. The van der Waals surface area contributed by atoms with Crippen molar-refractivity contribution in [2.75, 3.05) is 33.7 Å². The van der Waals surface area contributed by atoms with Gasteiger partial charge in [0.05, 0.1) is 6.10 Å². The highest BCUT2D eigenvalue weighted by molar-refractivity contribution is 9.10. The van der Waals surface area contributed by atoms with Gasteiger partial charge in [0.2, 0.25) is 0 Å². The zero-order chi connectivity index (χ0) is 14.7. The maximum Gasteiger partial charge on any atom is 0.0682 e. The molecule has 112 valence electrons. The van der Waals surface area contributed by atoms with E-state index in [-0.39, 0.29) is 12.1 Å². The van der Waals surface area contributed by atoms with Crippen LogP contribution in [0.3, 0.4) is 0 Å². The second kappa shape index (κ2) is 7.00. The van der Waals surface area contributed by atoms with Gasteiger partial charge in [0.25, 0.3) is 0 Å². The first-order valence-corrected chi connectivity index (χ1v) is 7.84. The Morgan fingerprint density at radius 1 is 1.40 bits per heavy atom. The summed E-state index contributed by atoms with van der Waals surface area (Å²) in [5.41, 5.74) is 7.23. The molecule has 0 spiro atoms. The van der Waals surface area contributed by atoms with Crippen molar-refractivity contribution in [1.29, 1.82) is 0 Å². The number of likely N-dealkylation sites (tertiary alicyclic amines) is 1. The van der Waals surface area contributed by atoms with E-state index in [1.54, 1.807) is 0 Å². The molecule has 0 aromatic heterocycles. The number of halogens is 1. The number of benzene rings is 1. The highest BCUT2D eigenvalue weighted by Gasteiger charge is 2.35. The van der Waals surface area contributed by atoms with E-state index in [1.165, 1.54) is 5.56 Å². The fourth-order valence-electron chi connectivity index (χ4n) is 3.05. The maximum atomic E-state index is 10.0. The van der Waals surface area contributed by atoms with E-state index in [1.807, 2.05) is 12.1 Å². The van der Waals surface area contributed by atoms with Crippen LogP contribution in [0, 0.1) is 0 Å². The van der Waals surface area contributed by atoms with Gasteiger partial charge in [-0.2, -0.15) is 0 Å². The normalized spacial score (nSPS) is 25.3. The lowest BCUT2D eigenvalue weighted by atomic mass is 10.0. The molecule has 0 amide bonds. The van der Waals surface area contributed by atoms with Crippen LogP contribution in [0.4, 0.5) is 0 Å². The molecule has 3 N–H and O–H groups in total. The molecule has 5 heteroatoms. The fraction of sp³-hybridized carbons (Fsp3) is 0.600. The van der Waals surface area contributed by atoms with Crippen LogP contribution in [0.2, 0.25) is 0 Å². The van der Waals surface area contributed by atoms with Crippen molar-refractivity contribution < 1.29 is 5.11 Å². The summed E-state index contributed by atoms with van der Waals surface area (Å²) in [6.45, 7) is 2.22. The highest BCUT2D eigenvalue weighted by atomic mass is 79.9. The van der Waals surface area contributed by atoms with Gasteiger partial charge in [-0.25, -0.2) is 0 Å². The van der Waals surface area contributed by atoms with Gasteiger partial charge in [0, 0.05) is 36.2 Å². The smallest absolute Gasteiger partial charge is 0.0682 e. The van der Waals surface area contributed by atoms with Gasteiger partial charge in [-0.1, -0.05) is 28.1 Å². The average Bonchev–Trinajstić information content (AvgIpc) is 2.73. The Hall–Kier alpha value is -0.460. The first-order chi connectivity index (χ1) is 9.51. The molecule has 0 bridgehead atoms. The molecule has 0 radical (unpaired) electrons. The number of β-amino-alcohol motifs (C(OH)–C–C–N with tert-alkyl or cyclic N) is 1. The molecule has 3 unspecified atom stereocenters. The van der Waals surface area contributed by atoms with Crippen LogP contribution in [0.15, 0.2) is 28.7 Å². The molecule has 3 atom stereocenters. The van der Waals surface area contributed by atoms with Gasteiger partial charge in [-0.05, 0) is 38.2 Å². The topological polar surface area (TPSA) is 52.7 Å². The van der Waals surface area contributed by atoms with E-state index in [0.29, 0.717) is 19.1 Å². The summed E-state index contributed by atoms with van der Waals surface area (Å²) in [4.78, 5) is 4.53. The van der Waals surface area contributed by atoms with Crippen LogP contribution in [-0.4, -0.2) is 60.8 Å². The van der Waals surface area contributed by atoms with Crippen LogP contribution in [0.25, 0.3) is 0 Å². The molecule has 1 aromatic carbocycles. The van der Waals surface area contributed by atoms with Crippen molar-refractivity contribution >= 4 is 15.9 Å². The van der Waals surface area contributed by atoms with Gasteiger partial charge in [-0.15, -0.1) is 0 Å². The van der Waals surface area contributed by atoms with Gasteiger partial charge in [-0.3, -0.25) is 4.90 Å². The van der Waals surface area contributed by atoms with E-state index < -0.39 is 0 Å². The maximum absolute atomic E-state index is 10.0. The first-order valence-electron chi connectivity index (χ1n) is 7.05. The molecular formula is C15H24BrN3O. The molecule has 0 aliphatic carbocycles. The summed E-state index contributed by atoms with van der Waals surface area (Å²) in [7, 11) is 4.14. The van der Waals surface area contributed by atoms with Crippen molar-refractivity contribution in [2.45, 2.75) is 24.6 Å². The average molecular weight is 342 g/mol. The summed E-state index contributed by atoms with van der Waals surface area (Å²) in [5, 5.41) is 10.0. The van der Waals surface area contributed by atoms with Gasteiger partial charge < -0.3 is 15.7 Å². The predicted molar refractivity (Wildman–Crippen MR) is 85.6 cm³/mol. The summed E-state index contributed by atoms with van der Waals surface area (Å²) < 4.78 is 1.07. The molecular weight excluding hydrogens is 318 g/mol. The van der Waals surface area contributed by atoms with E-state index in [0.717, 1.165) is 17.4 Å². The number of nitrogens with zero attached hydrogens (tertiary/aromatic N) is 2. The Kier molecular flexibility index (Phi) is 5.57. The third-order valence-corrected chi connectivity index (χ3v) is 4.42. The molecule has 1 heterocycles. The Bertz CT molecular complexity index is 424. The molecule has 1 aliphatic rings. The minimum atomic E-state index is -0.246. The lowest BCUT2D eigenvalue weighted by Gasteiger charge is -2.33. The van der Waals surface area contributed by atoms with Crippen molar-refractivity contribution in [3.8, 4) is 0 Å². The van der Waals surface area contributed by atoms with Crippen LogP contribution in [-0.2, 0) is 0 Å². The quantitative estimate of drug-likeness (QED) is 0.850. The van der Waals surface area contributed by atoms with Crippen LogP contribution in [0.1, 0.15) is 18.0 Å². The van der Waals surface area contributed by atoms with Gasteiger partial charge in [0.15, 0.2) is 0 Å². The number of aliphatic hydroxyl groups is 1. The van der Waals surface area contributed by atoms with Crippen molar-refractivity contribution in [2.24, 2.45) is 5.73 Å². The third-order valence-electron chi connectivity index (χ3n) is 3.89. The first kappa shape index (κ1) is 15.9. The predicted octanol–water partition coefficient (Wildman–Crippen LogP) is 1.45. The minimum absolute atomic E-state index is 0.171. The molecule has 0 saturated carbocycles. The SMILES string of the molecule is CN(C)CC1CC(O)CN1C(CN)c1ccc(Br)cc1. The Labute approximate surface area is 129 Å². The lowest BCUT2D eigenvalue weighted by molar-refractivity contribution is 0.139. The molecule has 1 fully saturated rings. The summed E-state index contributed by atoms with van der Waals surface area (Å²) in [5.74, 6) is 0. The van der Waals surface area contributed by atoms with E-state index in [2.05, 4.69) is 52.0 Å². The molecule has 1 aromatic rings. The van der Waals surface area contributed by atoms with Crippen molar-refractivity contribution in [3.63, 3.8) is 0 Å². The minimum Gasteiger partial charge on any atom is -0.392 e. The van der Waals surface area contributed by atoms with E-state index >= 15 is 0 Å². The van der Waals surface area contributed by atoms with Crippen LogP contribution >= 0.6 is 15.9 Å². The second-order valence-electron chi connectivity index (χ2n) is 5.81. The molecule has 4 nitrogen and oxygen atoms in total. The van der Waals surface area contributed by atoms with Crippen LogP contribution < -0.4 is 5.73 Å². The Morgan fingerprint density at radius 3 is 2.60 bits per heavy atom. The number of nitrogens with two attached hydrogens (primary N) is 1. The van der Waals surface area contributed by atoms with Gasteiger partial charge in [0.1, 0.15) is 0 Å². The molecule has 20 heavy (non-hydrogen) atoms. The number of aliphatic hydroxyl groups excluding tert-OH is 1. The largest absolute Gasteiger partial charge is 0.392 e. The van der Waals surface area contributed by atoms with Crippen LogP contribution in [0.5, 0.6) is 0 Å². The number of likely N-dealkylation sites (N-methyl/N-ethyl adjacent to an activating group) is 1. The van der Waals surface area contributed by atoms with E-state index in [4.69, 9.17) is 5.73 Å². The summed E-state index contributed by atoms with van der Waals surface area (Å²) in [6, 6.07) is 8.84. The molecule has 1 saturated heterocycles.